The van der Waals surface area contributed by atoms with E-state index in [4.69, 9.17) is 5.26 Å². The Morgan fingerprint density at radius 3 is 2.88 bits per heavy atom. The zero-order valence-corrected chi connectivity index (χ0v) is 10.0. The van der Waals surface area contributed by atoms with Crippen molar-refractivity contribution in [3.63, 3.8) is 0 Å². The topological polar surface area (TPSA) is 61.2 Å². The Balaban J connectivity index is 2.31. The van der Waals surface area contributed by atoms with Crippen LogP contribution in [0, 0.1) is 11.3 Å². The van der Waals surface area contributed by atoms with E-state index in [9.17, 15) is 9.00 Å². The number of fused-ring (bicyclic) bond motifs is 1. The van der Waals surface area contributed by atoms with Crippen molar-refractivity contribution in [3.05, 3.63) is 41.5 Å². The predicted octanol–water partition coefficient (Wildman–Crippen LogP) is 1.63. The van der Waals surface area contributed by atoms with Crippen molar-refractivity contribution in [2.45, 2.75) is 11.8 Å². The Hall–Kier alpha value is -1.93. The molecule has 4 nitrogen and oxygen atoms in total. The zero-order valence-electron chi connectivity index (χ0n) is 9.21. The smallest absolute Gasteiger partial charge is 0.267 e. The van der Waals surface area contributed by atoms with Gasteiger partial charge in [-0.05, 0) is 24.6 Å². The minimum atomic E-state index is -1.46. The summed E-state index contributed by atoms with van der Waals surface area (Å²) in [7, 11) is -1.46. The van der Waals surface area contributed by atoms with Gasteiger partial charge in [0.2, 0.25) is 0 Å². The summed E-state index contributed by atoms with van der Waals surface area (Å²) in [6.07, 6.45) is 1.35. The molecule has 2 rings (SSSR count). The third-order valence-corrected chi connectivity index (χ3v) is 3.86. The predicted molar refractivity (Wildman–Crippen MR) is 63.3 cm³/mol. The van der Waals surface area contributed by atoms with Crippen molar-refractivity contribution in [1.82, 2.24) is 4.31 Å². The number of carbonyl (C=O) groups is 1. The zero-order chi connectivity index (χ0) is 12.4. The van der Waals surface area contributed by atoms with Crippen molar-refractivity contribution in [1.29, 1.82) is 5.26 Å². The molecule has 0 saturated heterocycles. The van der Waals surface area contributed by atoms with Crippen molar-refractivity contribution in [2.24, 2.45) is 0 Å². The minimum Gasteiger partial charge on any atom is -0.268 e. The van der Waals surface area contributed by atoms with E-state index in [1.165, 1.54) is 10.4 Å². The number of benzene rings is 1. The Morgan fingerprint density at radius 1 is 1.53 bits per heavy atom. The molecule has 0 fully saturated rings. The SMILES string of the molecule is CC(=CC#N)CN1C(=O)c2ccccc2S1=O. The lowest BCUT2D eigenvalue weighted by atomic mass is 10.2. The van der Waals surface area contributed by atoms with Gasteiger partial charge in [-0.25, -0.2) is 8.51 Å². The van der Waals surface area contributed by atoms with Gasteiger partial charge in [-0.15, -0.1) is 0 Å². The lowest BCUT2D eigenvalue weighted by Gasteiger charge is -2.13. The van der Waals surface area contributed by atoms with Crippen LogP contribution in [-0.4, -0.2) is 21.0 Å². The highest BCUT2D eigenvalue weighted by Gasteiger charge is 2.33. The van der Waals surface area contributed by atoms with Crippen LogP contribution >= 0.6 is 0 Å². The quantitative estimate of drug-likeness (QED) is 0.745. The van der Waals surface area contributed by atoms with Crippen molar-refractivity contribution in [3.8, 4) is 6.07 Å². The fourth-order valence-corrected chi connectivity index (χ4v) is 2.98. The molecular formula is C12H10N2O2S. The van der Waals surface area contributed by atoms with Gasteiger partial charge in [-0.1, -0.05) is 12.1 Å². The van der Waals surface area contributed by atoms with Gasteiger partial charge in [0.05, 0.1) is 23.1 Å². The van der Waals surface area contributed by atoms with Crippen LogP contribution in [0.4, 0.5) is 0 Å². The van der Waals surface area contributed by atoms with Gasteiger partial charge in [0.1, 0.15) is 0 Å². The molecule has 1 aromatic carbocycles. The number of amides is 1. The molecule has 1 heterocycles. The molecule has 1 unspecified atom stereocenters. The van der Waals surface area contributed by atoms with Gasteiger partial charge in [0, 0.05) is 6.08 Å². The van der Waals surface area contributed by atoms with E-state index in [-0.39, 0.29) is 12.5 Å². The summed E-state index contributed by atoms with van der Waals surface area (Å²) in [6.45, 7) is 1.95. The van der Waals surface area contributed by atoms with Gasteiger partial charge in [0.25, 0.3) is 5.91 Å². The van der Waals surface area contributed by atoms with E-state index in [0.717, 1.165) is 0 Å². The molecule has 5 heteroatoms. The number of rotatable bonds is 2. The third-order valence-electron chi connectivity index (χ3n) is 2.44. The van der Waals surface area contributed by atoms with Gasteiger partial charge < -0.3 is 0 Å². The van der Waals surface area contributed by atoms with Gasteiger partial charge >= 0.3 is 0 Å². The molecule has 0 radical (unpaired) electrons. The molecule has 17 heavy (non-hydrogen) atoms. The highest BCUT2D eigenvalue weighted by Crippen LogP contribution is 2.27. The maximum absolute atomic E-state index is 12.1. The number of carbonyl (C=O) groups excluding carboxylic acids is 1. The van der Waals surface area contributed by atoms with E-state index in [0.29, 0.717) is 16.0 Å². The monoisotopic (exact) mass is 246 g/mol. The van der Waals surface area contributed by atoms with Crippen molar-refractivity contribution in [2.75, 3.05) is 6.54 Å². The lowest BCUT2D eigenvalue weighted by molar-refractivity contribution is 0.0882. The number of nitriles is 1. The molecule has 1 aliphatic rings. The molecule has 1 aliphatic heterocycles. The van der Waals surface area contributed by atoms with Gasteiger partial charge in [-0.2, -0.15) is 5.26 Å². The van der Waals surface area contributed by atoms with Crippen LogP contribution in [0.5, 0.6) is 0 Å². The largest absolute Gasteiger partial charge is 0.268 e. The highest BCUT2D eigenvalue weighted by atomic mass is 32.2. The highest BCUT2D eigenvalue weighted by molar-refractivity contribution is 7.84. The lowest BCUT2D eigenvalue weighted by Crippen LogP contribution is -2.27. The first-order chi connectivity index (χ1) is 8.15. The van der Waals surface area contributed by atoms with Crippen LogP contribution in [0.15, 0.2) is 40.8 Å². The summed E-state index contributed by atoms with van der Waals surface area (Å²) in [5.41, 5.74) is 1.19. The standard InChI is InChI=1S/C12H10N2O2S/c1-9(6-7-13)8-14-12(15)10-4-2-3-5-11(10)17(14)16/h2-6H,8H2,1H3. The summed E-state index contributed by atoms with van der Waals surface area (Å²) < 4.78 is 13.3. The summed E-state index contributed by atoms with van der Waals surface area (Å²) >= 11 is 0. The first-order valence-corrected chi connectivity index (χ1v) is 6.14. The Morgan fingerprint density at radius 2 is 2.24 bits per heavy atom. The molecule has 0 saturated carbocycles. The van der Waals surface area contributed by atoms with Crippen LogP contribution in [-0.2, 0) is 11.0 Å². The van der Waals surface area contributed by atoms with Gasteiger partial charge in [0.15, 0.2) is 11.0 Å². The van der Waals surface area contributed by atoms with E-state index >= 15 is 0 Å². The third kappa shape index (κ3) is 1.99. The van der Waals surface area contributed by atoms with E-state index in [2.05, 4.69) is 0 Å². The maximum Gasteiger partial charge on any atom is 0.267 e. The second-order valence-electron chi connectivity index (χ2n) is 3.71. The number of hydrogen-bond donors (Lipinski definition) is 0. The van der Waals surface area contributed by atoms with E-state index in [1.54, 1.807) is 31.2 Å². The average molecular weight is 246 g/mol. The molecular weight excluding hydrogens is 236 g/mol. The van der Waals surface area contributed by atoms with Crippen molar-refractivity contribution >= 4 is 16.9 Å². The fourth-order valence-electron chi connectivity index (χ4n) is 1.64. The Kier molecular flexibility index (Phi) is 3.07. The minimum absolute atomic E-state index is 0.216. The van der Waals surface area contributed by atoms with Crippen LogP contribution in [0.3, 0.4) is 0 Å². The Bertz CT molecular complexity index is 537. The van der Waals surface area contributed by atoms with Crippen LogP contribution in [0.25, 0.3) is 0 Å². The average Bonchev–Trinajstić information content (AvgIpc) is 2.56. The fraction of sp³-hybridized carbons (Fsp3) is 0.167. The summed E-state index contributed by atoms with van der Waals surface area (Å²) in [4.78, 5) is 12.5. The van der Waals surface area contributed by atoms with Crippen molar-refractivity contribution < 1.29 is 9.00 Å². The first kappa shape index (κ1) is 11.6. The van der Waals surface area contributed by atoms with E-state index < -0.39 is 11.0 Å². The molecule has 0 aliphatic carbocycles. The van der Waals surface area contributed by atoms with Crippen LogP contribution < -0.4 is 0 Å². The second kappa shape index (κ2) is 4.52. The first-order valence-electron chi connectivity index (χ1n) is 5.03. The molecule has 0 N–H and O–H groups in total. The molecule has 0 spiro atoms. The number of allylic oxidation sites excluding steroid dienone is 1. The maximum atomic E-state index is 12.1. The molecule has 86 valence electrons. The van der Waals surface area contributed by atoms with Gasteiger partial charge in [-0.3, -0.25) is 4.79 Å². The summed E-state index contributed by atoms with van der Waals surface area (Å²) in [6, 6.07) is 8.75. The molecule has 0 aromatic heterocycles. The molecule has 1 atom stereocenters. The van der Waals surface area contributed by atoms with E-state index in [1.807, 2.05) is 6.07 Å². The Labute approximate surface area is 102 Å². The summed E-state index contributed by atoms with van der Waals surface area (Å²) in [5.74, 6) is -0.246. The number of hydrogen-bond acceptors (Lipinski definition) is 3. The van der Waals surface area contributed by atoms with Crippen LogP contribution in [0.2, 0.25) is 0 Å². The second-order valence-corrected chi connectivity index (χ2v) is 5.09. The molecule has 1 amide bonds. The molecule has 0 bridgehead atoms. The normalized spacial score (nSPS) is 19.1. The van der Waals surface area contributed by atoms with Crippen LogP contribution in [0.1, 0.15) is 17.3 Å². The number of nitrogens with zero attached hydrogens (tertiary/aromatic N) is 2. The molecule has 1 aromatic rings. The summed E-state index contributed by atoms with van der Waals surface area (Å²) in [5, 5.41) is 8.51.